The van der Waals surface area contributed by atoms with Crippen molar-refractivity contribution in [2.24, 2.45) is 0 Å². The van der Waals surface area contributed by atoms with Crippen molar-refractivity contribution in [1.29, 1.82) is 0 Å². The molecule has 0 aliphatic carbocycles. The van der Waals surface area contributed by atoms with Gasteiger partial charge < -0.3 is 4.57 Å². The lowest BCUT2D eigenvalue weighted by molar-refractivity contribution is 0.0986. The molecule has 1 amide bonds. The third kappa shape index (κ3) is 4.24. The Hall–Kier alpha value is -3.03. The van der Waals surface area contributed by atoms with Crippen LogP contribution in [0.4, 0.5) is 5.13 Å². The molecule has 0 saturated carbocycles. The SMILES string of the molecule is O=C(c1ccc2ccccc2c1)N(CCCn1ccnc1)c1nc2ccc(Br)cc2s1. The van der Waals surface area contributed by atoms with E-state index in [1.807, 2.05) is 65.4 Å². The highest BCUT2D eigenvalue weighted by Gasteiger charge is 2.21. The van der Waals surface area contributed by atoms with E-state index in [9.17, 15) is 4.79 Å². The van der Waals surface area contributed by atoms with Gasteiger partial charge in [0, 0.05) is 35.5 Å². The molecule has 5 aromatic rings. The number of carbonyl (C=O) groups excluding carboxylic acids is 1. The fourth-order valence-electron chi connectivity index (χ4n) is 3.59. The van der Waals surface area contributed by atoms with Gasteiger partial charge in [0.25, 0.3) is 5.91 Å². The molecule has 0 unspecified atom stereocenters. The highest BCUT2D eigenvalue weighted by molar-refractivity contribution is 9.10. The molecule has 2 aromatic heterocycles. The topological polar surface area (TPSA) is 51.0 Å². The second kappa shape index (κ2) is 8.61. The maximum absolute atomic E-state index is 13.6. The lowest BCUT2D eigenvalue weighted by Gasteiger charge is -2.20. The number of halogens is 1. The van der Waals surface area contributed by atoms with Gasteiger partial charge in [-0.05, 0) is 47.5 Å². The van der Waals surface area contributed by atoms with Crippen LogP contribution in [0.5, 0.6) is 0 Å². The zero-order valence-corrected chi connectivity index (χ0v) is 19.0. The molecule has 7 heteroatoms. The van der Waals surface area contributed by atoms with Crippen LogP contribution < -0.4 is 4.90 Å². The van der Waals surface area contributed by atoms with Gasteiger partial charge in [-0.3, -0.25) is 9.69 Å². The first kappa shape index (κ1) is 19.9. The molecule has 0 aliphatic rings. The van der Waals surface area contributed by atoms with E-state index in [-0.39, 0.29) is 5.91 Å². The number of aryl methyl sites for hydroxylation is 1. The Bertz CT molecular complexity index is 1360. The quantitative estimate of drug-likeness (QED) is 0.287. The number of hydrogen-bond donors (Lipinski definition) is 0. The molecule has 0 N–H and O–H groups in total. The summed E-state index contributed by atoms with van der Waals surface area (Å²) in [6.07, 6.45) is 6.30. The summed E-state index contributed by atoms with van der Waals surface area (Å²) in [5.74, 6) is -0.0329. The zero-order chi connectivity index (χ0) is 21.2. The molecule has 0 spiro atoms. The summed E-state index contributed by atoms with van der Waals surface area (Å²) in [5, 5.41) is 2.90. The Kier molecular flexibility index (Phi) is 5.53. The Morgan fingerprint density at radius 2 is 1.94 bits per heavy atom. The average molecular weight is 491 g/mol. The van der Waals surface area contributed by atoms with Gasteiger partial charge in [0.15, 0.2) is 5.13 Å². The highest BCUT2D eigenvalue weighted by Crippen LogP contribution is 2.32. The molecule has 0 radical (unpaired) electrons. The van der Waals surface area contributed by atoms with Crippen molar-refractivity contribution in [3.05, 3.63) is 89.4 Å². The molecular weight excluding hydrogens is 472 g/mol. The normalized spacial score (nSPS) is 11.3. The Labute approximate surface area is 192 Å². The van der Waals surface area contributed by atoms with Gasteiger partial charge in [0.2, 0.25) is 0 Å². The fraction of sp³-hybridized carbons (Fsp3) is 0.125. The molecular formula is C24H19BrN4OS. The van der Waals surface area contributed by atoms with Gasteiger partial charge in [-0.15, -0.1) is 0 Å². The first-order valence-corrected chi connectivity index (χ1v) is 11.6. The van der Waals surface area contributed by atoms with Crippen molar-refractivity contribution in [2.75, 3.05) is 11.4 Å². The van der Waals surface area contributed by atoms with Crippen molar-refractivity contribution >= 4 is 59.3 Å². The molecule has 5 rings (SSSR count). The number of fused-ring (bicyclic) bond motifs is 2. The van der Waals surface area contributed by atoms with Crippen LogP contribution in [0, 0.1) is 0 Å². The lowest BCUT2D eigenvalue weighted by atomic mass is 10.1. The number of amides is 1. The van der Waals surface area contributed by atoms with Gasteiger partial charge in [-0.25, -0.2) is 9.97 Å². The van der Waals surface area contributed by atoms with Crippen LogP contribution in [-0.4, -0.2) is 27.0 Å². The third-order valence-electron chi connectivity index (χ3n) is 5.17. The molecule has 5 nitrogen and oxygen atoms in total. The van der Waals surface area contributed by atoms with Crippen LogP contribution in [0.2, 0.25) is 0 Å². The maximum atomic E-state index is 13.6. The molecule has 0 aliphatic heterocycles. The Morgan fingerprint density at radius 3 is 2.77 bits per heavy atom. The van der Waals surface area contributed by atoms with E-state index in [1.54, 1.807) is 17.4 Å². The van der Waals surface area contributed by atoms with Gasteiger partial charge >= 0.3 is 0 Å². The smallest absolute Gasteiger partial charge is 0.260 e. The van der Waals surface area contributed by atoms with E-state index in [2.05, 4.69) is 27.0 Å². The van der Waals surface area contributed by atoms with Crippen LogP contribution in [0.25, 0.3) is 21.0 Å². The number of imidazole rings is 1. The number of rotatable bonds is 6. The minimum Gasteiger partial charge on any atom is -0.337 e. The maximum Gasteiger partial charge on any atom is 0.260 e. The molecule has 2 heterocycles. The molecule has 154 valence electrons. The van der Waals surface area contributed by atoms with E-state index >= 15 is 0 Å². The van der Waals surface area contributed by atoms with Crippen LogP contribution in [0.1, 0.15) is 16.8 Å². The largest absolute Gasteiger partial charge is 0.337 e. The van der Waals surface area contributed by atoms with Crippen molar-refractivity contribution in [2.45, 2.75) is 13.0 Å². The summed E-state index contributed by atoms with van der Waals surface area (Å²) in [6.45, 7) is 1.36. The van der Waals surface area contributed by atoms with Crippen LogP contribution in [0.3, 0.4) is 0 Å². The van der Waals surface area contributed by atoms with Gasteiger partial charge in [-0.1, -0.05) is 57.6 Å². The summed E-state index contributed by atoms with van der Waals surface area (Å²) < 4.78 is 4.08. The Morgan fingerprint density at radius 1 is 1.06 bits per heavy atom. The van der Waals surface area contributed by atoms with Crippen molar-refractivity contribution < 1.29 is 4.79 Å². The molecule has 0 fully saturated rings. The minimum atomic E-state index is -0.0329. The van der Waals surface area contributed by atoms with Gasteiger partial charge in [0.1, 0.15) is 0 Å². The predicted molar refractivity (Wildman–Crippen MR) is 130 cm³/mol. The van der Waals surface area contributed by atoms with Crippen LogP contribution in [-0.2, 0) is 6.54 Å². The molecule has 0 saturated heterocycles. The van der Waals surface area contributed by atoms with E-state index in [4.69, 9.17) is 4.98 Å². The summed E-state index contributed by atoms with van der Waals surface area (Å²) in [6, 6.07) is 19.9. The summed E-state index contributed by atoms with van der Waals surface area (Å²) in [4.78, 5) is 24.3. The first-order chi connectivity index (χ1) is 15.2. The second-order valence-corrected chi connectivity index (χ2v) is 9.21. The third-order valence-corrected chi connectivity index (χ3v) is 6.70. The number of thiazole rings is 1. The summed E-state index contributed by atoms with van der Waals surface area (Å²) >= 11 is 5.06. The van der Waals surface area contributed by atoms with E-state index in [0.29, 0.717) is 12.1 Å². The first-order valence-electron chi connectivity index (χ1n) is 10.00. The predicted octanol–water partition coefficient (Wildman–Crippen LogP) is 6.15. The van der Waals surface area contributed by atoms with Crippen LogP contribution in [0.15, 0.2) is 83.9 Å². The molecule has 31 heavy (non-hydrogen) atoms. The van der Waals surface area contributed by atoms with Crippen LogP contribution >= 0.6 is 27.3 Å². The summed E-state index contributed by atoms with van der Waals surface area (Å²) in [7, 11) is 0. The number of nitrogens with zero attached hydrogens (tertiary/aromatic N) is 4. The zero-order valence-electron chi connectivity index (χ0n) is 16.6. The number of anilines is 1. The number of aromatic nitrogens is 3. The second-order valence-electron chi connectivity index (χ2n) is 7.28. The molecule has 0 bridgehead atoms. The lowest BCUT2D eigenvalue weighted by Crippen LogP contribution is -2.32. The Balaban J connectivity index is 1.48. The highest BCUT2D eigenvalue weighted by atomic mass is 79.9. The van der Waals surface area contributed by atoms with E-state index in [0.717, 1.165) is 43.6 Å². The number of benzene rings is 3. The molecule has 3 aromatic carbocycles. The standard InChI is InChI=1S/C24H19BrN4OS/c25-20-8-9-21-22(15-20)31-24(27-21)29(12-3-11-28-13-10-26-16-28)23(30)19-7-6-17-4-1-2-5-18(17)14-19/h1-2,4-10,13-16H,3,11-12H2. The van der Waals surface area contributed by atoms with Crippen molar-refractivity contribution in [3.8, 4) is 0 Å². The van der Waals surface area contributed by atoms with Gasteiger partial charge in [-0.2, -0.15) is 0 Å². The summed E-state index contributed by atoms with van der Waals surface area (Å²) in [5.41, 5.74) is 1.57. The molecule has 0 atom stereocenters. The van der Waals surface area contributed by atoms with Gasteiger partial charge in [0.05, 0.1) is 16.5 Å². The van der Waals surface area contributed by atoms with E-state index < -0.39 is 0 Å². The van der Waals surface area contributed by atoms with E-state index in [1.165, 1.54) is 11.3 Å². The minimum absolute atomic E-state index is 0.0329. The number of carbonyl (C=O) groups is 1. The fourth-order valence-corrected chi connectivity index (χ4v) is 5.14. The average Bonchev–Trinajstić information content (AvgIpc) is 3.45. The number of hydrogen-bond acceptors (Lipinski definition) is 4. The van der Waals surface area contributed by atoms with Crippen molar-refractivity contribution in [3.63, 3.8) is 0 Å². The monoisotopic (exact) mass is 490 g/mol. The van der Waals surface area contributed by atoms with Crippen molar-refractivity contribution in [1.82, 2.24) is 14.5 Å².